The first-order chi connectivity index (χ1) is 11.7. The van der Waals surface area contributed by atoms with Crippen molar-refractivity contribution in [2.75, 3.05) is 64.7 Å². The highest BCUT2D eigenvalue weighted by Crippen LogP contribution is 2.12. The van der Waals surface area contributed by atoms with Gasteiger partial charge in [0, 0.05) is 58.2 Å². The van der Waals surface area contributed by atoms with Crippen molar-refractivity contribution in [2.24, 2.45) is 0 Å². The highest BCUT2D eigenvalue weighted by Gasteiger charge is 2.27. The molecule has 132 valence electrons. The summed E-state index contributed by atoms with van der Waals surface area (Å²) >= 11 is 0. The summed E-state index contributed by atoms with van der Waals surface area (Å²) in [7, 11) is 0. The van der Waals surface area contributed by atoms with E-state index in [9.17, 15) is 4.79 Å². The van der Waals surface area contributed by atoms with Crippen LogP contribution in [0.25, 0.3) is 0 Å². The van der Waals surface area contributed by atoms with Crippen LogP contribution in [0.1, 0.15) is 17.4 Å². The molecule has 3 heterocycles. The van der Waals surface area contributed by atoms with E-state index in [0.717, 1.165) is 45.9 Å². The lowest BCUT2D eigenvalue weighted by Gasteiger charge is -2.39. The molecule has 8 nitrogen and oxygen atoms in total. The molecule has 1 aromatic rings. The van der Waals surface area contributed by atoms with E-state index in [1.54, 1.807) is 4.90 Å². The number of piperazine rings is 1. The number of nitrogens with two attached hydrogens (primary N) is 1. The first kappa shape index (κ1) is 17.1. The van der Waals surface area contributed by atoms with Crippen LogP contribution in [0.3, 0.4) is 0 Å². The lowest BCUT2D eigenvalue weighted by atomic mass is 10.2. The van der Waals surface area contributed by atoms with E-state index >= 15 is 0 Å². The van der Waals surface area contributed by atoms with Crippen LogP contribution in [0.15, 0.2) is 12.4 Å². The molecular formula is C16H26N6O2. The molecule has 1 aromatic heterocycles. The average Bonchev–Trinajstić information content (AvgIpc) is 2.62. The monoisotopic (exact) mass is 334 g/mol. The second-order valence-corrected chi connectivity index (χ2v) is 6.27. The van der Waals surface area contributed by atoms with E-state index in [4.69, 9.17) is 10.5 Å². The fourth-order valence-corrected chi connectivity index (χ4v) is 3.26. The third-order valence-electron chi connectivity index (χ3n) is 4.72. The van der Waals surface area contributed by atoms with Gasteiger partial charge in [-0.3, -0.25) is 14.6 Å². The molecule has 0 bridgehead atoms. The van der Waals surface area contributed by atoms with Crippen molar-refractivity contribution in [1.82, 2.24) is 24.7 Å². The Balaban J connectivity index is 1.49. The van der Waals surface area contributed by atoms with E-state index in [0.29, 0.717) is 13.1 Å². The van der Waals surface area contributed by atoms with Crippen LogP contribution in [-0.4, -0.2) is 95.6 Å². The molecule has 8 heteroatoms. The Bertz CT molecular complexity index is 561. The number of nitrogens with zero attached hydrogens (tertiary/aromatic N) is 5. The minimum atomic E-state index is -0.133. The van der Waals surface area contributed by atoms with Crippen LogP contribution in [0, 0.1) is 0 Å². The van der Waals surface area contributed by atoms with Gasteiger partial charge in [0.15, 0.2) is 11.5 Å². The number of likely N-dealkylation sites (N-methyl/N-ethyl adjacent to an activating group) is 1. The predicted molar refractivity (Wildman–Crippen MR) is 90.6 cm³/mol. The highest BCUT2D eigenvalue weighted by molar-refractivity contribution is 5.96. The van der Waals surface area contributed by atoms with Gasteiger partial charge >= 0.3 is 0 Å². The third-order valence-corrected chi connectivity index (χ3v) is 4.72. The minimum Gasteiger partial charge on any atom is -0.382 e. The summed E-state index contributed by atoms with van der Waals surface area (Å²) in [6.07, 6.45) is 3.25. The van der Waals surface area contributed by atoms with Crippen LogP contribution in [0.5, 0.6) is 0 Å². The van der Waals surface area contributed by atoms with Gasteiger partial charge in [0.05, 0.1) is 12.7 Å². The van der Waals surface area contributed by atoms with E-state index < -0.39 is 0 Å². The van der Waals surface area contributed by atoms with Gasteiger partial charge in [0.2, 0.25) is 0 Å². The van der Waals surface area contributed by atoms with Gasteiger partial charge in [0.25, 0.3) is 5.91 Å². The van der Waals surface area contributed by atoms with Crippen molar-refractivity contribution in [3.05, 3.63) is 18.1 Å². The maximum Gasteiger partial charge on any atom is 0.276 e. The van der Waals surface area contributed by atoms with Crippen LogP contribution in [0.2, 0.25) is 0 Å². The van der Waals surface area contributed by atoms with Crippen molar-refractivity contribution in [3.63, 3.8) is 0 Å². The second-order valence-electron chi connectivity index (χ2n) is 6.27. The molecule has 2 aliphatic rings. The summed E-state index contributed by atoms with van der Waals surface area (Å²) < 4.78 is 5.87. The molecule has 0 spiro atoms. The van der Waals surface area contributed by atoms with Crippen molar-refractivity contribution in [2.45, 2.75) is 13.0 Å². The van der Waals surface area contributed by atoms with Crippen molar-refractivity contribution in [3.8, 4) is 0 Å². The van der Waals surface area contributed by atoms with Gasteiger partial charge in [0.1, 0.15) is 0 Å². The standard InChI is InChI=1S/C16H26N6O2/c1-2-20-9-10-24-13(11-20)12-21-5-7-22(8-6-21)16(23)14-15(17)19-4-3-18-14/h3-4,13H,2,5-12H2,1H3,(H2,17,19). The fraction of sp³-hybridized carbons (Fsp3) is 0.688. The normalized spacial score (nSPS) is 23.4. The first-order valence-corrected chi connectivity index (χ1v) is 8.59. The van der Waals surface area contributed by atoms with Crippen molar-refractivity contribution >= 4 is 11.7 Å². The molecule has 3 rings (SSSR count). The molecule has 24 heavy (non-hydrogen) atoms. The molecule has 2 N–H and O–H groups in total. The third kappa shape index (κ3) is 4.00. The summed E-state index contributed by atoms with van der Waals surface area (Å²) in [4.78, 5) is 27.1. The van der Waals surface area contributed by atoms with Gasteiger partial charge in [-0.05, 0) is 6.54 Å². The fourth-order valence-electron chi connectivity index (χ4n) is 3.26. The molecule has 0 saturated carbocycles. The molecule has 1 atom stereocenters. The largest absolute Gasteiger partial charge is 0.382 e. The topological polar surface area (TPSA) is 87.8 Å². The molecular weight excluding hydrogens is 308 g/mol. The predicted octanol–water partition coefficient (Wildman–Crippen LogP) is -0.463. The van der Waals surface area contributed by atoms with E-state index in [1.165, 1.54) is 12.4 Å². The first-order valence-electron chi connectivity index (χ1n) is 8.59. The average molecular weight is 334 g/mol. The Morgan fingerprint density at radius 1 is 1.21 bits per heavy atom. The Kier molecular flexibility index (Phi) is 5.60. The van der Waals surface area contributed by atoms with Crippen LogP contribution < -0.4 is 5.73 Å². The summed E-state index contributed by atoms with van der Waals surface area (Å²) in [5.74, 6) is 0.0616. The number of nitrogen functional groups attached to an aromatic ring is 1. The van der Waals surface area contributed by atoms with E-state index in [-0.39, 0.29) is 23.5 Å². The Labute approximate surface area is 142 Å². The lowest BCUT2D eigenvalue weighted by Crippen LogP contribution is -2.53. The number of carbonyl (C=O) groups is 1. The molecule has 0 radical (unpaired) electrons. The van der Waals surface area contributed by atoms with E-state index in [1.807, 2.05) is 0 Å². The Morgan fingerprint density at radius 2 is 1.96 bits per heavy atom. The van der Waals surface area contributed by atoms with Gasteiger partial charge < -0.3 is 15.4 Å². The van der Waals surface area contributed by atoms with Crippen LogP contribution in [0.4, 0.5) is 5.82 Å². The molecule has 2 aliphatic heterocycles. The Morgan fingerprint density at radius 3 is 2.67 bits per heavy atom. The number of ether oxygens (including phenoxy) is 1. The van der Waals surface area contributed by atoms with Gasteiger partial charge in [-0.25, -0.2) is 9.97 Å². The maximum absolute atomic E-state index is 12.5. The van der Waals surface area contributed by atoms with Crippen LogP contribution in [-0.2, 0) is 4.74 Å². The minimum absolute atomic E-state index is 0.133. The maximum atomic E-state index is 12.5. The van der Waals surface area contributed by atoms with Gasteiger partial charge in [-0.1, -0.05) is 6.92 Å². The number of carbonyl (C=O) groups excluding carboxylic acids is 1. The zero-order valence-corrected chi connectivity index (χ0v) is 14.2. The number of morpholine rings is 1. The summed E-state index contributed by atoms with van der Waals surface area (Å²) in [6.45, 7) is 10.1. The quantitative estimate of drug-likeness (QED) is 0.797. The smallest absolute Gasteiger partial charge is 0.276 e. The number of rotatable bonds is 4. The molecule has 0 aromatic carbocycles. The van der Waals surface area contributed by atoms with Gasteiger partial charge in [-0.2, -0.15) is 0 Å². The zero-order valence-electron chi connectivity index (χ0n) is 14.2. The van der Waals surface area contributed by atoms with Crippen molar-refractivity contribution < 1.29 is 9.53 Å². The number of anilines is 1. The van der Waals surface area contributed by atoms with Crippen molar-refractivity contribution in [1.29, 1.82) is 0 Å². The van der Waals surface area contributed by atoms with E-state index in [2.05, 4.69) is 26.7 Å². The Hall–Kier alpha value is -1.77. The number of hydrogen-bond donors (Lipinski definition) is 1. The summed E-state index contributed by atoms with van der Waals surface area (Å²) in [5, 5.41) is 0. The zero-order chi connectivity index (χ0) is 16.9. The lowest BCUT2D eigenvalue weighted by molar-refractivity contribution is -0.0458. The number of amides is 1. The summed E-state index contributed by atoms with van der Waals surface area (Å²) in [5.41, 5.74) is 6.00. The second kappa shape index (κ2) is 7.87. The molecule has 1 amide bonds. The highest BCUT2D eigenvalue weighted by atomic mass is 16.5. The molecule has 1 unspecified atom stereocenters. The summed E-state index contributed by atoms with van der Waals surface area (Å²) in [6, 6.07) is 0. The number of hydrogen-bond acceptors (Lipinski definition) is 7. The molecule has 2 saturated heterocycles. The van der Waals surface area contributed by atoms with Crippen LogP contribution >= 0.6 is 0 Å². The SMILES string of the molecule is CCN1CCOC(CN2CCN(C(=O)c3nccnc3N)CC2)C1. The van der Waals surface area contributed by atoms with Gasteiger partial charge in [-0.15, -0.1) is 0 Å². The molecule has 0 aliphatic carbocycles. The number of aromatic nitrogens is 2. The molecule has 2 fully saturated rings.